The molecule has 2 aromatic rings. The van der Waals surface area contributed by atoms with Crippen molar-refractivity contribution in [3.63, 3.8) is 0 Å². The monoisotopic (exact) mass is 357 g/mol. The van der Waals surface area contributed by atoms with E-state index in [1.165, 1.54) is 12.1 Å². The summed E-state index contributed by atoms with van der Waals surface area (Å²) in [6.07, 6.45) is -0.444. The lowest BCUT2D eigenvalue weighted by atomic mass is 10.1. The molecular formula is C15H14Cl2FN3O2. The molecule has 8 heteroatoms. The van der Waals surface area contributed by atoms with Crippen LogP contribution in [0.3, 0.4) is 0 Å². The van der Waals surface area contributed by atoms with Gasteiger partial charge >= 0.3 is 0 Å². The third-order valence-electron chi connectivity index (χ3n) is 3.58. The van der Waals surface area contributed by atoms with E-state index in [1.54, 1.807) is 12.1 Å². The van der Waals surface area contributed by atoms with E-state index in [-0.39, 0.29) is 5.75 Å². The smallest absolute Gasteiger partial charge is 0.151 e. The van der Waals surface area contributed by atoms with Crippen LogP contribution in [0.2, 0.25) is 10.0 Å². The Morgan fingerprint density at radius 2 is 2.13 bits per heavy atom. The molecule has 5 nitrogen and oxygen atoms in total. The van der Waals surface area contributed by atoms with E-state index in [0.717, 1.165) is 0 Å². The quantitative estimate of drug-likeness (QED) is 0.912. The fourth-order valence-corrected chi connectivity index (χ4v) is 3.04. The van der Waals surface area contributed by atoms with Crippen molar-refractivity contribution in [2.45, 2.75) is 6.10 Å². The molecule has 1 fully saturated rings. The lowest BCUT2D eigenvalue weighted by Gasteiger charge is -2.32. The number of alkyl halides is 1. The minimum absolute atomic E-state index is 0.0617. The first-order valence-corrected chi connectivity index (χ1v) is 7.78. The van der Waals surface area contributed by atoms with Crippen molar-refractivity contribution in [3.8, 4) is 17.0 Å². The van der Waals surface area contributed by atoms with Crippen LogP contribution in [0.15, 0.2) is 24.3 Å². The van der Waals surface area contributed by atoms with E-state index in [0.29, 0.717) is 46.8 Å². The van der Waals surface area contributed by atoms with Crippen LogP contribution in [0.5, 0.6) is 5.75 Å². The molecule has 0 spiro atoms. The van der Waals surface area contributed by atoms with Gasteiger partial charge in [0.2, 0.25) is 0 Å². The molecule has 0 unspecified atom stereocenters. The van der Waals surface area contributed by atoms with Crippen LogP contribution in [0.4, 0.5) is 10.2 Å². The number of rotatable bonds is 3. The second-order valence-corrected chi connectivity index (χ2v) is 6.00. The van der Waals surface area contributed by atoms with Gasteiger partial charge in [-0.2, -0.15) is 0 Å². The van der Waals surface area contributed by atoms with E-state index in [9.17, 15) is 9.50 Å². The van der Waals surface area contributed by atoms with Gasteiger partial charge in [0.1, 0.15) is 18.5 Å². The molecule has 122 valence electrons. The molecule has 0 bridgehead atoms. The highest BCUT2D eigenvalue weighted by Gasteiger charge is 2.22. The zero-order chi connectivity index (χ0) is 16.4. The number of phenols is 1. The summed E-state index contributed by atoms with van der Waals surface area (Å²) in [5.74, 6) is 0.563. The van der Waals surface area contributed by atoms with Crippen LogP contribution < -0.4 is 4.90 Å². The SMILES string of the molecule is Oc1cc(Cl)cc(Cl)c1-c1ccc(N2CCO[C@H](CF)C2)nn1. The number of aromatic nitrogens is 2. The average Bonchev–Trinajstić information content (AvgIpc) is 2.54. The maximum absolute atomic E-state index is 12.7. The molecule has 1 atom stereocenters. The Balaban J connectivity index is 1.85. The summed E-state index contributed by atoms with van der Waals surface area (Å²) in [4.78, 5) is 1.91. The summed E-state index contributed by atoms with van der Waals surface area (Å²) in [6.45, 7) is 0.965. The first-order valence-electron chi connectivity index (χ1n) is 7.03. The molecule has 0 aliphatic carbocycles. The van der Waals surface area contributed by atoms with E-state index in [2.05, 4.69) is 10.2 Å². The van der Waals surface area contributed by atoms with Crippen molar-refractivity contribution < 1.29 is 14.2 Å². The predicted molar refractivity (Wildman–Crippen MR) is 87.1 cm³/mol. The van der Waals surface area contributed by atoms with E-state index < -0.39 is 12.8 Å². The fourth-order valence-electron chi connectivity index (χ4n) is 2.46. The van der Waals surface area contributed by atoms with Gasteiger partial charge in [-0.3, -0.25) is 0 Å². The number of phenolic OH excluding ortho intramolecular Hbond substituents is 1. The Kier molecular flexibility index (Phi) is 4.84. The van der Waals surface area contributed by atoms with Gasteiger partial charge in [0.25, 0.3) is 0 Å². The number of hydrogen-bond donors (Lipinski definition) is 1. The molecule has 1 saturated heterocycles. The van der Waals surface area contributed by atoms with Crippen molar-refractivity contribution in [1.29, 1.82) is 0 Å². The van der Waals surface area contributed by atoms with Crippen LogP contribution in [-0.4, -0.2) is 47.8 Å². The molecule has 3 rings (SSSR count). The van der Waals surface area contributed by atoms with Crippen LogP contribution >= 0.6 is 23.2 Å². The zero-order valence-corrected chi connectivity index (χ0v) is 13.6. The van der Waals surface area contributed by atoms with Gasteiger partial charge in [-0.15, -0.1) is 10.2 Å². The van der Waals surface area contributed by atoms with Crippen molar-refractivity contribution in [3.05, 3.63) is 34.3 Å². The van der Waals surface area contributed by atoms with Gasteiger partial charge in [0.05, 0.1) is 22.9 Å². The predicted octanol–water partition coefficient (Wildman–Crippen LogP) is 3.33. The Hall–Kier alpha value is -1.63. The molecule has 0 amide bonds. The zero-order valence-electron chi connectivity index (χ0n) is 12.0. The summed E-state index contributed by atoms with van der Waals surface area (Å²) < 4.78 is 18.0. The summed E-state index contributed by atoms with van der Waals surface area (Å²) in [5.41, 5.74) is 0.807. The maximum atomic E-state index is 12.7. The number of halogens is 3. The molecule has 0 radical (unpaired) electrons. The molecule has 1 aliphatic rings. The highest BCUT2D eigenvalue weighted by molar-refractivity contribution is 6.36. The maximum Gasteiger partial charge on any atom is 0.151 e. The Morgan fingerprint density at radius 3 is 2.78 bits per heavy atom. The molecule has 1 N–H and O–H groups in total. The summed E-state index contributed by atoms with van der Waals surface area (Å²) in [6, 6.07) is 6.39. The van der Waals surface area contributed by atoms with Gasteiger partial charge in [-0.25, -0.2) is 4.39 Å². The molecule has 0 saturated carbocycles. The number of morpholine rings is 1. The second-order valence-electron chi connectivity index (χ2n) is 5.15. The Morgan fingerprint density at radius 1 is 1.30 bits per heavy atom. The largest absolute Gasteiger partial charge is 0.507 e. The van der Waals surface area contributed by atoms with Crippen LogP contribution in [0, 0.1) is 0 Å². The second kappa shape index (κ2) is 6.86. The standard InChI is InChI=1S/C15H14Cl2FN3O2/c16-9-5-11(17)15(13(22)6-9)12-1-2-14(20-19-12)21-3-4-23-10(7-18)8-21/h1-2,5-6,10,22H,3-4,7-8H2/t10-/m1/s1. The lowest BCUT2D eigenvalue weighted by molar-refractivity contribution is 0.0244. The topological polar surface area (TPSA) is 58.5 Å². The molecule has 1 aromatic heterocycles. The number of anilines is 1. The minimum atomic E-state index is -0.531. The fraction of sp³-hybridized carbons (Fsp3) is 0.333. The Labute approximate surface area is 142 Å². The lowest BCUT2D eigenvalue weighted by Crippen LogP contribution is -2.43. The first kappa shape index (κ1) is 16.2. The summed E-state index contributed by atoms with van der Waals surface area (Å²) in [5, 5.41) is 18.9. The summed E-state index contributed by atoms with van der Waals surface area (Å²) in [7, 11) is 0. The molecule has 1 aliphatic heterocycles. The Bertz CT molecular complexity index is 677. The van der Waals surface area contributed by atoms with Crippen molar-refractivity contribution in [1.82, 2.24) is 10.2 Å². The van der Waals surface area contributed by atoms with E-state index in [1.807, 2.05) is 4.90 Å². The van der Waals surface area contributed by atoms with Gasteiger partial charge < -0.3 is 14.7 Å². The number of aromatic hydroxyl groups is 1. The number of nitrogens with zero attached hydrogens (tertiary/aromatic N) is 3. The van der Waals surface area contributed by atoms with Crippen molar-refractivity contribution in [2.24, 2.45) is 0 Å². The van der Waals surface area contributed by atoms with Crippen LogP contribution in [0.1, 0.15) is 0 Å². The molecular weight excluding hydrogens is 344 g/mol. The molecule has 2 heterocycles. The van der Waals surface area contributed by atoms with Gasteiger partial charge in [-0.1, -0.05) is 23.2 Å². The van der Waals surface area contributed by atoms with Crippen LogP contribution in [-0.2, 0) is 4.74 Å². The van der Waals surface area contributed by atoms with Gasteiger partial charge in [-0.05, 0) is 24.3 Å². The van der Waals surface area contributed by atoms with Crippen LogP contribution in [0.25, 0.3) is 11.3 Å². The number of benzene rings is 1. The average molecular weight is 358 g/mol. The van der Waals surface area contributed by atoms with Crippen molar-refractivity contribution in [2.75, 3.05) is 31.3 Å². The third-order valence-corrected chi connectivity index (χ3v) is 4.09. The van der Waals surface area contributed by atoms with E-state index in [4.69, 9.17) is 27.9 Å². The third kappa shape index (κ3) is 3.49. The van der Waals surface area contributed by atoms with E-state index >= 15 is 0 Å². The molecule has 1 aromatic carbocycles. The first-order chi connectivity index (χ1) is 11.1. The summed E-state index contributed by atoms with van der Waals surface area (Å²) >= 11 is 11.9. The highest BCUT2D eigenvalue weighted by atomic mass is 35.5. The van der Waals surface area contributed by atoms with Crippen molar-refractivity contribution >= 4 is 29.0 Å². The van der Waals surface area contributed by atoms with Gasteiger partial charge in [0, 0.05) is 18.1 Å². The number of ether oxygens (including phenoxy) is 1. The normalized spacial score (nSPS) is 18.2. The minimum Gasteiger partial charge on any atom is -0.507 e. The highest BCUT2D eigenvalue weighted by Crippen LogP contribution is 2.37. The van der Waals surface area contributed by atoms with Gasteiger partial charge in [0.15, 0.2) is 5.82 Å². The number of hydrogen-bond acceptors (Lipinski definition) is 5. The molecule has 23 heavy (non-hydrogen) atoms.